The molecule has 2 aliphatic rings. The van der Waals surface area contributed by atoms with Crippen molar-refractivity contribution in [2.45, 2.75) is 73.6 Å². The van der Waals surface area contributed by atoms with E-state index >= 15 is 0 Å². The number of aliphatic hydroxyl groups excluding tert-OH is 1. The van der Waals surface area contributed by atoms with Gasteiger partial charge in [-0.3, -0.25) is 0 Å². The van der Waals surface area contributed by atoms with Crippen LogP contribution in [0.15, 0.2) is 9.79 Å². The Kier molecular flexibility index (Phi) is 3.65. The molecule has 0 aromatic heterocycles. The van der Waals surface area contributed by atoms with Gasteiger partial charge in [-0.2, -0.15) is 0 Å². The van der Waals surface area contributed by atoms with Gasteiger partial charge in [0.05, 0.1) is 24.5 Å². The van der Waals surface area contributed by atoms with E-state index in [0.29, 0.717) is 0 Å². The van der Waals surface area contributed by atoms with Crippen molar-refractivity contribution in [3.63, 3.8) is 0 Å². The Morgan fingerprint density at radius 3 is 1.64 bits per heavy atom. The molecule has 122 valence electrons. The molecule has 1 aromatic rings. The Balaban J connectivity index is 2.33. The Morgan fingerprint density at radius 1 is 0.909 bits per heavy atom. The summed E-state index contributed by atoms with van der Waals surface area (Å²) in [5.74, 6) is 1.91. The van der Waals surface area contributed by atoms with Gasteiger partial charge in [0, 0.05) is 10.8 Å². The summed E-state index contributed by atoms with van der Waals surface area (Å²) < 4.78 is 12.6. The zero-order chi connectivity index (χ0) is 16.5. The van der Waals surface area contributed by atoms with E-state index in [4.69, 9.17) is 9.47 Å². The van der Waals surface area contributed by atoms with E-state index < -0.39 is 8.07 Å². The fourth-order valence-corrected chi connectivity index (χ4v) is 7.21. The van der Waals surface area contributed by atoms with E-state index in [1.54, 1.807) is 23.5 Å². The van der Waals surface area contributed by atoms with Crippen LogP contribution in [0.5, 0.6) is 11.5 Å². The third-order valence-electron chi connectivity index (χ3n) is 3.71. The smallest absolute Gasteiger partial charge is 0.153 e. The average molecular weight is 357 g/mol. The standard InChI is InChI=1S/C16H24O3S2Si/c1-15(2)18-10-12(20-15)9(8-17)13-11(14(10)22(5,6)7)19-16(3,4)21-13/h17H,8H2,1-7H3. The van der Waals surface area contributed by atoms with Crippen molar-refractivity contribution in [2.75, 3.05) is 0 Å². The zero-order valence-corrected chi connectivity index (χ0v) is 16.9. The van der Waals surface area contributed by atoms with Gasteiger partial charge in [0.15, 0.2) is 9.87 Å². The SMILES string of the molecule is CC1(C)Oc2c(c(CO)c3c(c2[Si](C)(C)C)OC(C)(C)S3)S1. The van der Waals surface area contributed by atoms with Crippen LogP contribution in [0.1, 0.15) is 33.3 Å². The van der Waals surface area contributed by atoms with Crippen LogP contribution in [0.2, 0.25) is 19.6 Å². The van der Waals surface area contributed by atoms with Gasteiger partial charge in [-0.1, -0.05) is 43.2 Å². The molecule has 1 N–H and O–H groups in total. The molecule has 0 bridgehead atoms. The number of fused-ring (bicyclic) bond motifs is 2. The first-order valence-electron chi connectivity index (χ1n) is 7.55. The summed E-state index contributed by atoms with van der Waals surface area (Å²) in [4.78, 5) is 1.63. The Labute approximate surface area is 142 Å². The molecule has 0 unspecified atom stereocenters. The van der Waals surface area contributed by atoms with Crippen LogP contribution in [0.4, 0.5) is 0 Å². The van der Waals surface area contributed by atoms with Crippen molar-refractivity contribution in [3.05, 3.63) is 5.56 Å². The number of hydrogen-bond acceptors (Lipinski definition) is 5. The molecule has 22 heavy (non-hydrogen) atoms. The minimum Gasteiger partial charge on any atom is -0.476 e. The summed E-state index contributed by atoms with van der Waals surface area (Å²) in [5, 5.41) is 11.2. The average Bonchev–Trinajstić information content (AvgIpc) is 2.77. The van der Waals surface area contributed by atoms with Crippen molar-refractivity contribution in [1.29, 1.82) is 0 Å². The normalized spacial score (nSPS) is 21.1. The van der Waals surface area contributed by atoms with Crippen LogP contribution in [-0.2, 0) is 6.61 Å². The number of aliphatic hydroxyl groups is 1. The van der Waals surface area contributed by atoms with Gasteiger partial charge in [-0.15, -0.1) is 0 Å². The second-order valence-corrected chi connectivity index (χ2v) is 16.0. The summed E-state index contributed by atoms with van der Waals surface area (Å²) >= 11 is 3.42. The van der Waals surface area contributed by atoms with Crippen LogP contribution >= 0.6 is 23.5 Å². The number of ether oxygens (including phenoxy) is 2. The number of thioether (sulfide) groups is 2. The molecule has 0 saturated carbocycles. The van der Waals surface area contributed by atoms with Crippen LogP contribution in [0, 0.1) is 0 Å². The number of benzene rings is 1. The highest BCUT2D eigenvalue weighted by molar-refractivity contribution is 8.01. The maximum atomic E-state index is 9.97. The molecule has 1 aromatic carbocycles. The molecular formula is C16H24O3S2Si. The summed E-state index contributed by atoms with van der Waals surface area (Å²) in [6.45, 7) is 15.3. The molecule has 0 spiro atoms. The highest BCUT2D eigenvalue weighted by Gasteiger charge is 2.45. The topological polar surface area (TPSA) is 38.7 Å². The van der Waals surface area contributed by atoms with Crippen molar-refractivity contribution in [1.82, 2.24) is 0 Å². The first-order valence-corrected chi connectivity index (χ1v) is 12.7. The highest BCUT2D eigenvalue weighted by atomic mass is 32.2. The summed E-state index contributed by atoms with van der Waals surface area (Å²) in [6.07, 6.45) is 0. The van der Waals surface area contributed by atoms with Crippen molar-refractivity contribution < 1.29 is 14.6 Å². The molecule has 0 saturated heterocycles. The van der Waals surface area contributed by atoms with Gasteiger partial charge < -0.3 is 14.6 Å². The largest absolute Gasteiger partial charge is 0.476 e. The zero-order valence-electron chi connectivity index (χ0n) is 14.3. The summed E-state index contributed by atoms with van der Waals surface area (Å²) in [6, 6.07) is 0. The molecule has 2 heterocycles. The van der Waals surface area contributed by atoms with Crippen LogP contribution < -0.4 is 14.7 Å². The van der Waals surface area contributed by atoms with E-state index in [1.807, 2.05) is 0 Å². The van der Waals surface area contributed by atoms with E-state index in [-0.39, 0.29) is 16.5 Å². The maximum Gasteiger partial charge on any atom is 0.153 e. The van der Waals surface area contributed by atoms with Crippen LogP contribution in [0.3, 0.4) is 0 Å². The lowest BCUT2D eigenvalue weighted by molar-refractivity contribution is 0.204. The molecule has 3 rings (SSSR count). The third kappa shape index (κ3) is 2.58. The lowest BCUT2D eigenvalue weighted by atomic mass is 10.2. The molecule has 6 heteroatoms. The van der Waals surface area contributed by atoms with Gasteiger partial charge in [0.25, 0.3) is 0 Å². The first-order chi connectivity index (χ1) is 9.95. The summed E-state index contributed by atoms with van der Waals surface area (Å²) in [7, 11) is -1.67. The molecule has 3 nitrogen and oxygen atoms in total. The van der Waals surface area contributed by atoms with Gasteiger partial charge in [-0.25, -0.2) is 0 Å². The van der Waals surface area contributed by atoms with E-state index in [1.165, 1.54) is 5.19 Å². The highest BCUT2D eigenvalue weighted by Crippen LogP contribution is 2.57. The predicted octanol–water partition coefficient (Wildman–Crippen LogP) is 4.17. The van der Waals surface area contributed by atoms with Gasteiger partial charge in [0.1, 0.15) is 11.5 Å². The number of rotatable bonds is 2. The Hall–Kier alpha value is -0.303. The fraction of sp³-hybridized carbons (Fsp3) is 0.625. The van der Waals surface area contributed by atoms with E-state index in [9.17, 15) is 5.11 Å². The third-order valence-corrected chi connectivity index (χ3v) is 8.09. The molecular weight excluding hydrogens is 332 g/mol. The number of hydrogen-bond donors (Lipinski definition) is 1. The lowest BCUT2D eigenvalue weighted by Crippen LogP contribution is -2.41. The second-order valence-electron chi connectivity index (χ2n) is 7.79. The minimum absolute atomic E-state index is 0.0233. The van der Waals surface area contributed by atoms with E-state index in [2.05, 4.69) is 47.3 Å². The molecule has 2 aliphatic heterocycles. The van der Waals surface area contributed by atoms with Crippen molar-refractivity contribution in [2.24, 2.45) is 0 Å². The van der Waals surface area contributed by atoms with Gasteiger partial charge in [-0.05, 0) is 27.7 Å². The first kappa shape index (κ1) is 16.6. The van der Waals surface area contributed by atoms with Crippen LogP contribution in [0.25, 0.3) is 0 Å². The molecule has 0 fully saturated rings. The van der Waals surface area contributed by atoms with Crippen molar-refractivity contribution >= 4 is 36.8 Å². The summed E-state index contributed by atoms with van der Waals surface area (Å²) in [5.41, 5.74) is 0.971. The van der Waals surface area contributed by atoms with Crippen molar-refractivity contribution in [3.8, 4) is 11.5 Å². The molecule has 0 atom stereocenters. The minimum atomic E-state index is -1.67. The predicted molar refractivity (Wildman–Crippen MR) is 96.5 cm³/mol. The van der Waals surface area contributed by atoms with Gasteiger partial charge in [0.2, 0.25) is 0 Å². The maximum absolute atomic E-state index is 9.97. The van der Waals surface area contributed by atoms with Crippen LogP contribution in [-0.4, -0.2) is 23.0 Å². The monoisotopic (exact) mass is 356 g/mol. The quantitative estimate of drug-likeness (QED) is 0.805. The Bertz CT molecular complexity index is 603. The molecule has 0 radical (unpaired) electrons. The fourth-order valence-electron chi connectivity index (χ4n) is 2.97. The van der Waals surface area contributed by atoms with Gasteiger partial charge >= 0.3 is 0 Å². The molecule has 0 aliphatic carbocycles. The van der Waals surface area contributed by atoms with E-state index in [0.717, 1.165) is 26.9 Å². The second kappa shape index (κ2) is 4.85. The molecule has 0 amide bonds. The lowest BCUT2D eigenvalue weighted by Gasteiger charge is -2.25. The Morgan fingerprint density at radius 2 is 1.32 bits per heavy atom.